The van der Waals surface area contributed by atoms with Gasteiger partial charge in [0.15, 0.2) is 5.75 Å². The van der Waals surface area contributed by atoms with Gasteiger partial charge in [-0.15, -0.1) is 12.4 Å². The van der Waals surface area contributed by atoms with E-state index in [0.717, 1.165) is 6.42 Å². The first-order valence-electron chi connectivity index (χ1n) is 7.07. The van der Waals surface area contributed by atoms with Crippen molar-refractivity contribution in [2.45, 2.75) is 13.3 Å². The molecule has 1 aromatic carbocycles. The van der Waals surface area contributed by atoms with Gasteiger partial charge in [0.2, 0.25) is 0 Å². The van der Waals surface area contributed by atoms with E-state index < -0.39 is 0 Å². The average molecular weight is 468 g/mol. The molecule has 0 unspecified atom stereocenters. The maximum absolute atomic E-state index is 12.3. The van der Waals surface area contributed by atoms with Crippen molar-refractivity contribution < 1.29 is 26.6 Å². The summed E-state index contributed by atoms with van der Waals surface area (Å²) in [5, 5.41) is 1.12. The molecule has 10 heteroatoms. The molecule has 0 saturated heterocycles. The van der Waals surface area contributed by atoms with Crippen LogP contribution in [-0.2, 0) is 17.1 Å². The molecule has 1 amide bonds. The van der Waals surface area contributed by atoms with Crippen molar-refractivity contribution in [1.82, 2.24) is 14.5 Å². The molecular formula is C15H17Cl4MnN3O2. The van der Waals surface area contributed by atoms with Crippen molar-refractivity contribution in [3.63, 3.8) is 0 Å². The van der Waals surface area contributed by atoms with Crippen LogP contribution in [0.25, 0.3) is 0 Å². The average Bonchev–Trinajstić information content (AvgIpc) is 3.02. The Kier molecular flexibility index (Phi) is 11.6. The first-order chi connectivity index (χ1) is 11.0. The van der Waals surface area contributed by atoms with Crippen LogP contribution < -0.4 is 4.74 Å². The van der Waals surface area contributed by atoms with E-state index in [9.17, 15) is 4.79 Å². The molecule has 1 radical (unpaired) electrons. The van der Waals surface area contributed by atoms with E-state index in [1.165, 1.54) is 10.9 Å². The Balaban J connectivity index is 0.00000288. The van der Waals surface area contributed by atoms with Gasteiger partial charge in [0.05, 0.1) is 16.6 Å². The van der Waals surface area contributed by atoms with Crippen LogP contribution in [0, 0.1) is 0 Å². The molecule has 0 N–H and O–H groups in total. The molecule has 5 nitrogen and oxygen atoms in total. The minimum Gasteiger partial charge on any atom is -0.489 e. The summed E-state index contributed by atoms with van der Waals surface area (Å²) in [6.07, 6.45) is 5.48. The molecule has 1 heterocycles. The number of amides is 1. The Morgan fingerprint density at radius 3 is 2.40 bits per heavy atom. The van der Waals surface area contributed by atoms with Crippen LogP contribution in [0.15, 0.2) is 30.9 Å². The summed E-state index contributed by atoms with van der Waals surface area (Å²) in [5.41, 5.74) is 0. The molecule has 0 atom stereocenters. The quantitative estimate of drug-likeness (QED) is 0.560. The van der Waals surface area contributed by atoms with Crippen molar-refractivity contribution >= 4 is 53.2 Å². The van der Waals surface area contributed by atoms with E-state index in [2.05, 4.69) is 4.98 Å². The first kappa shape index (κ1) is 24.4. The fourth-order valence-electron chi connectivity index (χ4n) is 2.03. The first-order valence-corrected chi connectivity index (χ1v) is 8.21. The molecule has 0 bridgehead atoms. The molecule has 2 aromatic rings. The third kappa shape index (κ3) is 6.89. The Labute approximate surface area is 178 Å². The monoisotopic (exact) mass is 466 g/mol. The number of rotatable bonds is 6. The predicted octanol–water partition coefficient (Wildman–Crippen LogP) is 5.02. The van der Waals surface area contributed by atoms with Crippen molar-refractivity contribution in [3.05, 3.63) is 45.9 Å². The summed E-state index contributed by atoms with van der Waals surface area (Å²) >= 11 is 18.0. The number of hydrogen-bond donors (Lipinski definition) is 0. The maximum Gasteiger partial charge on any atom is 0.329 e. The van der Waals surface area contributed by atoms with E-state index in [1.54, 1.807) is 29.4 Å². The number of carbonyl (C=O) groups excluding carboxylic acids is 1. The number of benzene rings is 1. The van der Waals surface area contributed by atoms with Gasteiger partial charge < -0.3 is 9.64 Å². The van der Waals surface area contributed by atoms with E-state index in [1.807, 2.05) is 6.92 Å². The second-order valence-electron chi connectivity index (χ2n) is 4.79. The topological polar surface area (TPSA) is 47.4 Å². The van der Waals surface area contributed by atoms with Crippen LogP contribution in [0.4, 0.5) is 4.79 Å². The number of nitrogens with zero attached hydrogens (tertiary/aromatic N) is 3. The fraction of sp³-hybridized carbons (Fsp3) is 0.333. The molecule has 25 heavy (non-hydrogen) atoms. The molecule has 0 spiro atoms. The third-order valence-electron chi connectivity index (χ3n) is 3.06. The van der Waals surface area contributed by atoms with Crippen molar-refractivity contribution in [3.8, 4) is 5.75 Å². The molecule has 139 valence electrons. The molecule has 0 aliphatic rings. The van der Waals surface area contributed by atoms with Crippen LogP contribution in [-0.4, -0.2) is 40.2 Å². The standard InChI is InChI=1S/C15H16Cl3N3O2.ClH.Mn/c1-2-4-20(15(22)21-5-3-19-10-21)6-7-23-14-12(17)8-11(16)9-13(14)18;;/h3,5,8-10H,2,4,6-7H2,1H3;1H;. The summed E-state index contributed by atoms with van der Waals surface area (Å²) in [6.45, 7) is 3.28. The number of halogens is 4. The number of hydrogen-bond acceptors (Lipinski definition) is 3. The van der Waals surface area contributed by atoms with E-state index in [4.69, 9.17) is 39.5 Å². The number of imidazole rings is 1. The summed E-state index contributed by atoms with van der Waals surface area (Å²) in [4.78, 5) is 17.9. The van der Waals surface area contributed by atoms with Crippen LogP contribution in [0.3, 0.4) is 0 Å². The second kappa shape index (κ2) is 11.9. The minimum atomic E-state index is -0.152. The van der Waals surface area contributed by atoms with Crippen molar-refractivity contribution in [1.29, 1.82) is 0 Å². The molecular weight excluding hydrogens is 451 g/mol. The van der Waals surface area contributed by atoms with Gasteiger partial charge in [-0.2, -0.15) is 0 Å². The van der Waals surface area contributed by atoms with Gasteiger partial charge in [0, 0.05) is 41.0 Å². The normalized spacial score (nSPS) is 9.76. The molecule has 2 rings (SSSR count). The summed E-state index contributed by atoms with van der Waals surface area (Å²) in [6, 6.07) is 2.97. The zero-order chi connectivity index (χ0) is 16.8. The van der Waals surface area contributed by atoms with E-state index in [-0.39, 0.29) is 42.1 Å². The molecule has 0 aliphatic carbocycles. The fourth-order valence-corrected chi connectivity index (χ4v) is 2.96. The number of aromatic nitrogens is 2. The molecule has 0 aliphatic heterocycles. The third-order valence-corrected chi connectivity index (χ3v) is 3.84. The van der Waals surface area contributed by atoms with Gasteiger partial charge in [-0.3, -0.25) is 4.57 Å². The van der Waals surface area contributed by atoms with Gasteiger partial charge in [-0.05, 0) is 18.6 Å². The zero-order valence-electron chi connectivity index (χ0n) is 13.3. The van der Waals surface area contributed by atoms with Gasteiger partial charge >= 0.3 is 6.03 Å². The van der Waals surface area contributed by atoms with Gasteiger partial charge in [0.1, 0.15) is 12.9 Å². The van der Waals surface area contributed by atoms with E-state index >= 15 is 0 Å². The van der Waals surface area contributed by atoms with Crippen LogP contribution >= 0.6 is 47.2 Å². The van der Waals surface area contributed by atoms with Gasteiger partial charge in [-0.1, -0.05) is 41.7 Å². The summed E-state index contributed by atoms with van der Waals surface area (Å²) in [7, 11) is 0. The molecule has 0 fully saturated rings. The Bertz CT molecular complexity index is 648. The van der Waals surface area contributed by atoms with Gasteiger partial charge in [0.25, 0.3) is 0 Å². The summed E-state index contributed by atoms with van der Waals surface area (Å²) < 4.78 is 7.05. The Hall–Kier alpha value is -0.621. The van der Waals surface area contributed by atoms with Crippen LogP contribution in [0.1, 0.15) is 13.3 Å². The minimum absolute atomic E-state index is 0. The summed E-state index contributed by atoms with van der Waals surface area (Å²) in [5.74, 6) is 0.365. The maximum atomic E-state index is 12.3. The predicted molar refractivity (Wildman–Crippen MR) is 99.1 cm³/mol. The number of ether oxygens (including phenoxy) is 1. The van der Waals surface area contributed by atoms with Crippen LogP contribution in [0.2, 0.25) is 15.1 Å². The van der Waals surface area contributed by atoms with Gasteiger partial charge in [-0.25, -0.2) is 9.78 Å². The Morgan fingerprint density at radius 2 is 1.88 bits per heavy atom. The largest absolute Gasteiger partial charge is 0.489 e. The Morgan fingerprint density at radius 1 is 1.24 bits per heavy atom. The smallest absolute Gasteiger partial charge is 0.329 e. The SMILES string of the molecule is CCCN(CCOc1c(Cl)cc(Cl)cc1Cl)C(=O)n1ccnc1.Cl.[Mn]. The van der Waals surface area contributed by atoms with Crippen LogP contribution in [0.5, 0.6) is 5.75 Å². The number of carbonyl (C=O) groups is 1. The zero-order valence-corrected chi connectivity index (χ0v) is 17.6. The molecule has 0 saturated carbocycles. The van der Waals surface area contributed by atoms with Crippen molar-refractivity contribution in [2.24, 2.45) is 0 Å². The van der Waals surface area contributed by atoms with Crippen molar-refractivity contribution in [2.75, 3.05) is 19.7 Å². The van der Waals surface area contributed by atoms with E-state index in [0.29, 0.717) is 33.9 Å². The second-order valence-corrected chi connectivity index (χ2v) is 6.04. The molecule has 1 aromatic heterocycles.